The summed E-state index contributed by atoms with van der Waals surface area (Å²) in [6.45, 7) is 4.95. The number of hydrogen-bond acceptors (Lipinski definition) is 7. The van der Waals surface area contributed by atoms with Crippen LogP contribution in [0.25, 0.3) is 0 Å². The van der Waals surface area contributed by atoms with E-state index in [0.29, 0.717) is 0 Å². The highest BCUT2D eigenvalue weighted by Gasteiger charge is 2.29. The van der Waals surface area contributed by atoms with Crippen LogP contribution in [-0.2, 0) is 24.0 Å². The second-order valence-corrected chi connectivity index (χ2v) is 7.15. The van der Waals surface area contributed by atoms with E-state index in [1.54, 1.807) is 0 Å². The summed E-state index contributed by atoms with van der Waals surface area (Å²) < 4.78 is 0. The second-order valence-electron chi connectivity index (χ2n) is 6.78. The lowest BCUT2D eigenvalue weighted by Crippen LogP contribution is -2.57. The van der Waals surface area contributed by atoms with E-state index >= 15 is 0 Å². The van der Waals surface area contributed by atoms with Crippen molar-refractivity contribution in [2.75, 3.05) is 5.75 Å². The van der Waals surface area contributed by atoms with Gasteiger partial charge in [0.15, 0.2) is 0 Å². The van der Waals surface area contributed by atoms with E-state index in [-0.39, 0.29) is 18.1 Å². The number of aliphatic carboxylic acids is 1. The fraction of sp³-hybridized carbons (Fsp3) is 0.688. The number of rotatable bonds is 12. The Morgan fingerprint density at radius 1 is 0.929 bits per heavy atom. The zero-order valence-electron chi connectivity index (χ0n) is 16.1. The van der Waals surface area contributed by atoms with Crippen LogP contribution in [0.2, 0.25) is 0 Å². The number of carbonyl (C=O) groups excluding carboxylic acids is 4. The Balaban J connectivity index is 5.09. The Labute approximate surface area is 168 Å². The van der Waals surface area contributed by atoms with Crippen LogP contribution in [0, 0.1) is 5.92 Å². The third-order valence-corrected chi connectivity index (χ3v) is 4.01. The summed E-state index contributed by atoms with van der Waals surface area (Å²) in [6, 6.07) is -4.48. The SMILES string of the molecule is CC(C)CC(NC(=O)C(CS)NC(=O)C(N)CC(N)=O)C(=O)NC(C)C(=O)O. The molecule has 0 saturated heterocycles. The van der Waals surface area contributed by atoms with Crippen molar-refractivity contribution in [2.45, 2.75) is 57.8 Å². The number of nitrogens with two attached hydrogens (primary N) is 2. The van der Waals surface area contributed by atoms with Gasteiger partial charge in [0.25, 0.3) is 0 Å². The molecule has 28 heavy (non-hydrogen) atoms. The molecule has 0 fully saturated rings. The molecule has 0 aromatic heterocycles. The van der Waals surface area contributed by atoms with E-state index in [1.165, 1.54) is 6.92 Å². The molecule has 8 N–H and O–H groups in total. The van der Waals surface area contributed by atoms with Gasteiger partial charge in [-0.1, -0.05) is 13.8 Å². The van der Waals surface area contributed by atoms with Crippen molar-refractivity contribution in [3.63, 3.8) is 0 Å². The van der Waals surface area contributed by atoms with E-state index in [2.05, 4.69) is 28.6 Å². The molecule has 0 aliphatic heterocycles. The van der Waals surface area contributed by atoms with Gasteiger partial charge in [0.2, 0.25) is 23.6 Å². The van der Waals surface area contributed by atoms with Crippen molar-refractivity contribution >= 4 is 42.2 Å². The van der Waals surface area contributed by atoms with Crippen LogP contribution < -0.4 is 27.4 Å². The topological polar surface area (TPSA) is 194 Å². The summed E-state index contributed by atoms with van der Waals surface area (Å²) in [5.74, 6) is -4.18. The monoisotopic (exact) mass is 419 g/mol. The number of thiol groups is 1. The Bertz CT molecular complexity index is 600. The van der Waals surface area contributed by atoms with Gasteiger partial charge in [-0.05, 0) is 19.3 Å². The Hall–Kier alpha value is -2.34. The van der Waals surface area contributed by atoms with Gasteiger partial charge in [0.05, 0.1) is 12.5 Å². The zero-order valence-corrected chi connectivity index (χ0v) is 17.0. The number of carboxylic acid groups (broad SMARTS) is 1. The van der Waals surface area contributed by atoms with Gasteiger partial charge in [-0.3, -0.25) is 24.0 Å². The van der Waals surface area contributed by atoms with Crippen molar-refractivity contribution in [2.24, 2.45) is 17.4 Å². The largest absolute Gasteiger partial charge is 0.480 e. The molecule has 0 aliphatic rings. The molecular weight excluding hydrogens is 390 g/mol. The van der Waals surface area contributed by atoms with E-state index in [9.17, 15) is 24.0 Å². The summed E-state index contributed by atoms with van der Waals surface area (Å²) in [5, 5.41) is 16.0. The first kappa shape index (κ1) is 25.7. The predicted molar refractivity (Wildman–Crippen MR) is 104 cm³/mol. The molecule has 0 spiro atoms. The van der Waals surface area contributed by atoms with Gasteiger partial charge in [0.1, 0.15) is 18.1 Å². The molecule has 0 aliphatic carbocycles. The average Bonchev–Trinajstić information content (AvgIpc) is 2.57. The first-order chi connectivity index (χ1) is 12.9. The molecule has 4 atom stereocenters. The van der Waals surface area contributed by atoms with Crippen molar-refractivity contribution in [1.82, 2.24) is 16.0 Å². The fourth-order valence-corrected chi connectivity index (χ4v) is 2.39. The van der Waals surface area contributed by atoms with Gasteiger partial charge in [-0.25, -0.2) is 0 Å². The van der Waals surface area contributed by atoms with Crippen LogP contribution in [0.3, 0.4) is 0 Å². The Morgan fingerprint density at radius 2 is 1.43 bits per heavy atom. The molecular formula is C16H29N5O6S. The lowest BCUT2D eigenvalue weighted by Gasteiger charge is -2.24. The number of nitrogens with one attached hydrogen (secondary N) is 3. The van der Waals surface area contributed by atoms with E-state index < -0.39 is 60.2 Å². The number of amides is 4. The lowest BCUT2D eigenvalue weighted by atomic mass is 10.0. The Morgan fingerprint density at radius 3 is 1.86 bits per heavy atom. The van der Waals surface area contributed by atoms with Crippen molar-refractivity contribution in [3.8, 4) is 0 Å². The lowest BCUT2D eigenvalue weighted by molar-refractivity contribution is -0.141. The predicted octanol–water partition coefficient (Wildman–Crippen LogP) is -2.28. The normalized spacial score (nSPS) is 15.1. The molecule has 0 aromatic carbocycles. The number of primary amides is 1. The third-order valence-electron chi connectivity index (χ3n) is 3.64. The number of hydrogen-bond donors (Lipinski definition) is 7. The van der Waals surface area contributed by atoms with Crippen LogP contribution in [0.15, 0.2) is 0 Å². The van der Waals surface area contributed by atoms with Gasteiger partial charge in [-0.2, -0.15) is 12.6 Å². The standard InChI is InChI=1S/C16H29N5O6S/c1-7(2)4-10(14(24)19-8(3)16(26)27)20-15(25)11(6-28)21-13(23)9(17)5-12(18)22/h7-11,28H,4-6,17H2,1-3H3,(H2,18,22)(H,19,24)(H,20,25)(H,21,23)(H,26,27). The molecule has 0 aromatic rings. The first-order valence-electron chi connectivity index (χ1n) is 8.67. The molecule has 0 rings (SSSR count). The highest BCUT2D eigenvalue weighted by Crippen LogP contribution is 2.06. The zero-order chi connectivity index (χ0) is 22.0. The minimum Gasteiger partial charge on any atom is -0.480 e. The maximum atomic E-state index is 12.5. The summed E-state index contributed by atoms with van der Waals surface area (Å²) >= 11 is 4.01. The van der Waals surface area contributed by atoms with Crippen LogP contribution in [0.4, 0.5) is 0 Å². The molecule has 0 bridgehead atoms. The summed E-state index contributed by atoms with van der Waals surface area (Å²) in [5.41, 5.74) is 10.5. The first-order valence-corrected chi connectivity index (χ1v) is 9.30. The second kappa shape index (κ2) is 12.2. The quantitative estimate of drug-likeness (QED) is 0.173. The van der Waals surface area contributed by atoms with Gasteiger partial charge in [-0.15, -0.1) is 0 Å². The van der Waals surface area contributed by atoms with Gasteiger partial charge in [0, 0.05) is 5.75 Å². The van der Waals surface area contributed by atoms with Gasteiger partial charge >= 0.3 is 5.97 Å². The minimum atomic E-state index is -1.22. The smallest absolute Gasteiger partial charge is 0.325 e. The fourth-order valence-electron chi connectivity index (χ4n) is 2.13. The summed E-state index contributed by atoms with van der Waals surface area (Å²) in [4.78, 5) is 58.5. The molecule has 11 nitrogen and oxygen atoms in total. The third kappa shape index (κ3) is 9.55. The minimum absolute atomic E-state index is 0.0178. The number of carbonyl (C=O) groups is 5. The van der Waals surface area contributed by atoms with Crippen molar-refractivity contribution in [1.29, 1.82) is 0 Å². The molecule has 4 unspecified atom stereocenters. The van der Waals surface area contributed by atoms with Crippen LogP contribution >= 0.6 is 12.6 Å². The number of carboxylic acids is 1. The van der Waals surface area contributed by atoms with E-state index in [1.807, 2.05) is 13.8 Å². The van der Waals surface area contributed by atoms with Crippen LogP contribution in [0.5, 0.6) is 0 Å². The molecule has 160 valence electrons. The Kier molecular flexibility index (Phi) is 11.2. The van der Waals surface area contributed by atoms with Crippen molar-refractivity contribution < 1.29 is 29.1 Å². The molecule has 12 heteroatoms. The van der Waals surface area contributed by atoms with E-state index in [4.69, 9.17) is 16.6 Å². The van der Waals surface area contributed by atoms with Gasteiger partial charge < -0.3 is 32.5 Å². The molecule has 4 amide bonds. The molecule has 0 saturated carbocycles. The van der Waals surface area contributed by atoms with E-state index in [0.717, 1.165) is 0 Å². The van der Waals surface area contributed by atoms with Crippen LogP contribution in [-0.4, -0.2) is 64.6 Å². The average molecular weight is 420 g/mol. The maximum absolute atomic E-state index is 12.5. The maximum Gasteiger partial charge on any atom is 0.325 e. The summed E-state index contributed by atoms with van der Waals surface area (Å²) in [7, 11) is 0. The summed E-state index contributed by atoms with van der Waals surface area (Å²) in [6.07, 6.45) is -0.142. The molecule has 0 radical (unpaired) electrons. The highest BCUT2D eigenvalue weighted by molar-refractivity contribution is 7.80. The highest BCUT2D eigenvalue weighted by atomic mass is 32.1. The van der Waals surface area contributed by atoms with Crippen LogP contribution in [0.1, 0.15) is 33.6 Å². The molecule has 0 heterocycles. The van der Waals surface area contributed by atoms with Crippen molar-refractivity contribution in [3.05, 3.63) is 0 Å².